The summed E-state index contributed by atoms with van der Waals surface area (Å²) in [6.45, 7) is 3.52. The van der Waals surface area contributed by atoms with Crippen LogP contribution in [0.4, 0.5) is 0 Å². The molecule has 54 valence electrons. The Kier molecular flexibility index (Phi) is 5.53. The number of carbonyl (C=O) groups excluding carboxylic acids is 1. The molecule has 0 aromatic heterocycles. The maximum Gasteiger partial charge on any atom is 0.328 e. The van der Waals surface area contributed by atoms with E-state index in [0.717, 1.165) is 0 Å². The second-order valence-electron chi connectivity index (χ2n) is 1.38. The van der Waals surface area contributed by atoms with Gasteiger partial charge in [-0.25, -0.2) is 4.99 Å². The lowest BCUT2D eigenvalue weighted by Crippen LogP contribution is -2.07. The first-order chi connectivity index (χ1) is 4.81. The molecule has 0 radical (unpaired) electrons. The van der Waals surface area contributed by atoms with Crippen molar-refractivity contribution in [2.75, 3.05) is 13.2 Å². The third kappa shape index (κ3) is 5.15. The van der Waals surface area contributed by atoms with Crippen LogP contribution in [-0.4, -0.2) is 24.3 Å². The van der Waals surface area contributed by atoms with E-state index in [1.165, 1.54) is 6.08 Å². The summed E-state index contributed by atoms with van der Waals surface area (Å²) in [6, 6.07) is 0. The number of hydrogen-bond acceptors (Lipinski definition) is 4. The van der Waals surface area contributed by atoms with Crippen molar-refractivity contribution in [1.82, 2.24) is 0 Å². The molecule has 0 heterocycles. The summed E-state index contributed by atoms with van der Waals surface area (Å²) in [5.74, 6) is -0.419. The molecule has 3 nitrogen and oxygen atoms in total. The normalized spacial score (nSPS) is 7.60. The number of carbonyl (C=O) groups is 1. The highest BCUT2D eigenvalue weighted by atomic mass is 32.1. The monoisotopic (exact) mass is 157 g/mol. The minimum atomic E-state index is -0.419. The number of esters is 1. The van der Waals surface area contributed by atoms with E-state index in [4.69, 9.17) is 0 Å². The molecule has 0 unspecified atom stereocenters. The van der Waals surface area contributed by atoms with Crippen LogP contribution in [0.2, 0.25) is 0 Å². The molecule has 0 aliphatic rings. The summed E-state index contributed by atoms with van der Waals surface area (Å²) in [6.07, 6.45) is 1.49. The van der Waals surface area contributed by atoms with Crippen molar-refractivity contribution < 1.29 is 9.53 Å². The van der Waals surface area contributed by atoms with Crippen molar-refractivity contribution in [3.63, 3.8) is 0 Å². The van der Waals surface area contributed by atoms with Crippen LogP contribution in [0.5, 0.6) is 0 Å². The van der Waals surface area contributed by atoms with E-state index < -0.39 is 5.97 Å². The van der Waals surface area contributed by atoms with Crippen molar-refractivity contribution in [3.8, 4) is 0 Å². The molecule has 4 heteroatoms. The van der Waals surface area contributed by atoms with E-state index in [2.05, 4.69) is 33.7 Å². The molecule has 0 aromatic carbocycles. The van der Waals surface area contributed by atoms with Gasteiger partial charge in [0, 0.05) is 0 Å². The first kappa shape index (κ1) is 9.01. The number of nitrogens with zero attached hydrogens (tertiary/aromatic N) is 1. The summed E-state index contributed by atoms with van der Waals surface area (Å²) >= 11 is 4.24. The standard InChI is InChI=1S/C6H7NO2S/c1-2-3-9-6(8)4-7-5-10/h2H,1,3-4H2. The molecule has 0 aliphatic heterocycles. The molecule has 0 bridgehead atoms. The minimum Gasteiger partial charge on any atom is -0.460 e. The van der Waals surface area contributed by atoms with Gasteiger partial charge in [0.1, 0.15) is 13.2 Å². The molecule has 0 aromatic rings. The zero-order valence-corrected chi connectivity index (χ0v) is 6.19. The van der Waals surface area contributed by atoms with Crippen LogP contribution in [0.25, 0.3) is 0 Å². The quantitative estimate of drug-likeness (QED) is 0.262. The van der Waals surface area contributed by atoms with Gasteiger partial charge < -0.3 is 4.74 Å². The number of aliphatic imine (C=N–C) groups is 1. The Morgan fingerprint density at radius 2 is 2.60 bits per heavy atom. The van der Waals surface area contributed by atoms with Gasteiger partial charge in [-0.3, -0.25) is 4.79 Å². The maximum atomic E-state index is 10.5. The number of isothiocyanates is 1. The van der Waals surface area contributed by atoms with Crippen molar-refractivity contribution in [2.45, 2.75) is 0 Å². The third-order valence-corrected chi connectivity index (χ3v) is 0.764. The Morgan fingerprint density at radius 1 is 1.90 bits per heavy atom. The fraction of sp³-hybridized carbons (Fsp3) is 0.333. The zero-order valence-electron chi connectivity index (χ0n) is 5.37. The van der Waals surface area contributed by atoms with Crippen molar-refractivity contribution in [1.29, 1.82) is 0 Å². The Labute approximate surface area is 64.4 Å². The first-order valence-corrected chi connectivity index (χ1v) is 3.02. The molecule has 0 rings (SSSR count). The molecule has 0 aliphatic carbocycles. The van der Waals surface area contributed by atoms with E-state index >= 15 is 0 Å². The van der Waals surface area contributed by atoms with Crippen molar-refractivity contribution in [3.05, 3.63) is 12.7 Å². The predicted octanol–water partition coefficient (Wildman–Crippen LogP) is 0.818. The van der Waals surface area contributed by atoms with Crippen molar-refractivity contribution in [2.24, 2.45) is 4.99 Å². The molecule has 0 fully saturated rings. The molecular weight excluding hydrogens is 150 g/mol. The Balaban J connectivity index is 3.43. The van der Waals surface area contributed by atoms with E-state index in [0.29, 0.717) is 0 Å². The number of thiocarbonyl (C=S) groups is 1. The summed E-state index contributed by atoms with van der Waals surface area (Å²) < 4.78 is 4.56. The first-order valence-electron chi connectivity index (χ1n) is 2.61. The van der Waals surface area contributed by atoms with Gasteiger partial charge >= 0.3 is 5.97 Å². The fourth-order valence-corrected chi connectivity index (χ4v) is 0.359. The smallest absolute Gasteiger partial charge is 0.328 e. The van der Waals surface area contributed by atoms with Crippen LogP contribution < -0.4 is 0 Å². The second-order valence-corrected chi connectivity index (χ2v) is 1.56. The summed E-state index contributed by atoms with van der Waals surface area (Å²) in [5.41, 5.74) is 0. The molecule has 0 saturated heterocycles. The zero-order chi connectivity index (χ0) is 7.82. The maximum absolute atomic E-state index is 10.5. The summed E-state index contributed by atoms with van der Waals surface area (Å²) in [4.78, 5) is 13.9. The van der Waals surface area contributed by atoms with Crippen LogP contribution in [0.15, 0.2) is 17.6 Å². The largest absolute Gasteiger partial charge is 0.460 e. The minimum absolute atomic E-state index is 0.0582. The van der Waals surface area contributed by atoms with Gasteiger partial charge in [-0.15, -0.1) is 0 Å². The van der Waals surface area contributed by atoms with Gasteiger partial charge in [-0.05, 0) is 12.2 Å². The number of rotatable bonds is 4. The Morgan fingerprint density at radius 3 is 3.10 bits per heavy atom. The van der Waals surface area contributed by atoms with Gasteiger partial charge in [0.25, 0.3) is 0 Å². The molecular formula is C6H7NO2S. The molecule has 0 atom stereocenters. The Hall–Kier alpha value is -0.990. The summed E-state index contributed by atoms with van der Waals surface area (Å²) in [7, 11) is 0. The fourth-order valence-electron chi connectivity index (χ4n) is 0.294. The average Bonchev–Trinajstić information content (AvgIpc) is 1.97. The van der Waals surface area contributed by atoms with Crippen LogP contribution in [0.1, 0.15) is 0 Å². The Bertz CT molecular complexity index is 173. The van der Waals surface area contributed by atoms with E-state index in [9.17, 15) is 4.79 Å². The lowest BCUT2D eigenvalue weighted by molar-refractivity contribution is -0.140. The lowest BCUT2D eigenvalue weighted by Gasteiger charge is -1.95. The molecule has 0 saturated carbocycles. The van der Waals surface area contributed by atoms with Crippen LogP contribution in [0, 0.1) is 0 Å². The van der Waals surface area contributed by atoms with E-state index in [1.807, 2.05) is 0 Å². The highest BCUT2D eigenvalue weighted by molar-refractivity contribution is 7.78. The molecule has 10 heavy (non-hydrogen) atoms. The van der Waals surface area contributed by atoms with E-state index in [-0.39, 0.29) is 13.2 Å². The van der Waals surface area contributed by atoms with Crippen LogP contribution in [-0.2, 0) is 9.53 Å². The predicted molar refractivity (Wildman–Crippen MR) is 41.0 cm³/mol. The highest BCUT2D eigenvalue weighted by Crippen LogP contribution is 1.78. The average molecular weight is 157 g/mol. The van der Waals surface area contributed by atoms with Gasteiger partial charge in [0.05, 0.1) is 5.16 Å². The van der Waals surface area contributed by atoms with Crippen molar-refractivity contribution >= 4 is 23.3 Å². The highest BCUT2D eigenvalue weighted by Gasteiger charge is 1.96. The van der Waals surface area contributed by atoms with Gasteiger partial charge in [-0.1, -0.05) is 12.7 Å². The summed E-state index contributed by atoms with van der Waals surface area (Å²) in [5, 5.41) is 2.06. The van der Waals surface area contributed by atoms with Gasteiger partial charge in [0.15, 0.2) is 0 Å². The van der Waals surface area contributed by atoms with Crippen LogP contribution in [0.3, 0.4) is 0 Å². The topological polar surface area (TPSA) is 38.7 Å². The molecule has 0 N–H and O–H groups in total. The molecule has 0 amide bonds. The molecule has 0 spiro atoms. The van der Waals surface area contributed by atoms with E-state index in [1.54, 1.807) is 0 Å². The number of ether oxygens (including phenoxy) is 1. The third-order valence-electron chi connectivity index (χ3n) is 0.635. The SMILES string of the molecule is C=CCOC(=O)CN=C=S. The van der Waals surface area contributed by atoms with Gasteiger partial charge in [0.2, 0.25) is 0 Å². The number of hydrogen-bond donors (Lipinski definition) is 0. The second kappa shape index (κ2) is 6.13. The lowest BCUT2D eigenvalue weighted by atomic mass is 10.6. The van der Waals surface area contributed by atoms with Gasteiger partial charge in [-0.2, -0.15) is 0 Å². The van der Waals surface area contributed by atoms with Crippen LogP contribution >= 0.6 is 12.2 Å².